The normalized spacial score (nSPS) is 38.6. The number of hydrogen-bond donors (Lipinski definition) is 3. The second-order valence-corrected chi connectivity index (χ2v) is 13.3. The zero-order valence-electron chi connectivity index (χ0n) is 21.5. The molecule has 0 saturated heterocycles. The third-order valence-corrected chi connectivity index (χ3v) is 10.9. The lowest BCUT2D eigenvalue weighted by Gasteiger charge is -2.61. The molecule has 0 aromatic heterocycles. The Balaban J connectivity index is 1.28. The van der Waals surface area contributed by atoms with E-state index in [-0.39, 0.29) is 64.9 Å². The Labute approximate surface area is 216 Å². The first-order valence-electron chi connectivity index (χ1n) is 13.6. The summed E-state index contributed by atoms with van der Waals surface area (Å²) in [5.41, 5.74) is 0.388. The number of carbonyl (C=O) groups excluding carboxylic acids is 2. The van der Waals surface area contributed by atoms with Gasteiger partial charge in [0.1, 0.15) is 23.9 Å². The van der Waals surface area contributed by atoms with Crippen LogP contribution in [0.15, 0.2) is 12.1 Å². The molecule has 9 nitrogen and oxygen atoms in total. The summed E-state index contributed by atoms with van der Waals surface area (Å²) in [6.45, 7) is 4.13. The van der Waals surface area contributed by atoms with Gasteiger partial charge in [0.2, 0.25) is 5.91 Å². The smallest absolute Gasteiger partial charge is 0.294 e. The summed E-state index contributed by atoms with van der Waals surface area (Å²) >= 11 is 0. The van der Waals surface area contributed by atoms with Crippen molar-refractivity contribution in [1.82, 2.24) is 5.32 Å². The zero-order chi connectivity index (χ0) is 26.3. The quantitative estimate of drug-likeness (QED) is 0.285. The first-order chi connectivity index (χ1) is 17.4. The maximum atomic E-state index is 13.4. The molecular weight excluding hydrogens is 476 g/mol. The molecule has 8 rings (SSSR count). The first kappa shape index (κ1) is 24.5. The van der Waals surface area contributed by atoms with E-state index >= 15 is 0 Å². The fraction of sp³-hybridized carbons (Fsp3) is 0.714. The monoisotopic (exact) mass is 512 g/mol. The number of ketones is 1. The van der Waals surface area contributed by atoms with Crippen LogP contribution in [0.2, 0.25) is 0 Å². The van der Waals surface area contributed by atoms with Gasteiger partial charge in [0, 0.05) is 30.4 Å². The van der Waals surface area contributed by atoms with Gasteiger partial charge in [-0.15, -0.1) is 10.1 Å². The van der Waals surface area contributed by atoms with Crippen LogP contribution >= 0.6 is 0 Å². The van der Waals surface area contributed by atoms with E-state index in [9.17, 15) is 29.9 Å². The van der Waals surface area contributed by atoms with E-state index < -0.39 is 10.5 Å². The maximum Gasteiger partial charge on any atom is 0.294 e. The molecule has 0 heterocycles. The number of phenolic OH excluding ortho intramolecular Hbond substituents is 2. The summed E-state index contributed by atoms with van der Waals surface area (Å²) < 4.78 is 0. The van der Waals surface area contributed by atoms with Crippen LogP contribution < -0.4 is 5.32 Å². The van der Waals surface area contributed by atoms with Crippen molar-refractivity contribution in [2.45, 2.75) is 76.5 Å². The Hall–Kier alpha value is -2.84. The Bertz CT molecular complexity index is 1140. The SMILES string of the molecule is CC1(C)[C@@H]2C[C@H]1C(=O)C[C@H]2c1c(O)cc(C23CC4CC(CC(C(=O)NCCO[N+](=O)[O-])(C4)C2)C3)cc1O. The van der Waals surface area contributed by atoms with Gasteiger partial charge in [-0.1, -0.05) is 13.8 Å². The lowest BCUT2D eigenvalue weighted by atomic mass is 9.42. The number of amides is 1. The highest BCUT2D eigenvalue weighted by atomic mass is 16.9. The molecule has 6 bridgehead atoms. The fourth-order valence-corrected chi connectivity index (χ4v) is 9.64. The molecule has 7 fully saturated rings. The highest BCUT2D eigenvalue weighted by Gasteiger charge is 2.62. The van der Waals surface area contributed by atoms with Gasteiger partial charge in [-0.3, -0.25) is 9.59 Å². The molecular formula is C28H36N2O7. The predicted octanol–water partition coefficient (Wildman–Crippen LogP) is 3.98. The summed E-state index contributed by atoms with van der Waals surface area (Å²) in [6.07, 6.45) is 6.32. The van der Waals surface area contributed by atoms with Crippen molar-refractivity contribution in [3.63, 3.8) is 0 Å². The molecule has 5 atom stereocenters. The number of nitrogens with zero attached hydrogens (tertiary/aromatic N) is 1. The minimum Gasteiger partial charge on any atom is -0.508 e. The number of hydrogen-bond acceptors (Lipinski definition) is 7. The van der Waals surface area contributed by atoms with Crippen molar-refractivity contribution in [2.75, 3.05) is 13.2 Å². The zero-order valence-corrected chi connectivity index (χ0v) is 21.5. The molecule has 7 aliphatic carbocycles. The summed E-state index contributed by atoms with van der Waals surface area (Å²) in [5, 5.41) is 34.9. The summed E-state index contributed by atoms with van der Waals surface area (Å²) in [5.74, 6) is 1.17. The minimum atomic E-state index is -0.859. The number of benzene rings is 1. The van der Waals surface area contributed by atoms with Crippen LogP contribution in [0.25, 0.3) is 0 Å². The van der Waals surface area contributed by atoms with Crippen molar-refractivity contribution in [3.05, 3.63) is 33.4 Å². The largest absolute Gasteiger partial charge is 0.508 e. The topological polar surface area (TPSA) is 139 Å². The van der Waals surface area contributed by atoms with Gasteiger partial charge >= 0.3 is 0 Å². The van der Waals surface area contributed by atoms with Crippen LogP contribution in [-0.2, 0) is 19.8 Å². The lowest BCUT2D eigenvalue weighted by Crippen LogP contribution is -2.59. The van der Waals surface area contributed by atoms with Crippen LogP contribution in [-0.4, -0.2) is 40.1 Å². The predicted molar refractivity (Wildman–Crippen MR) is 132 cm³/mol. The van der Waals surface area contributed by atoms with E-state index in [1.807, 2.05) is 0 Å². The highest BCUT2D eigenvalue weighted by Crippen LogP contribution is 2.67. The lowest BCUT2D eigenvalue weighted by molar-refractivity contribution is -0.757. The fourth-order valence-electron chi connectivity index (χ4n) is 9.64. The van der Waals surface area contributed by atoms with E-state index in [2.05, 4.69) is 24.0 Å². The second-order valence-electron chi connectivity index (χ2n) is 13.3. The standard InChI is InChI=1S/C28H36N2O7/c1-26(2)19-9-20(26)21(31)8-18(19)24-22(32)6-17(7-23(24)33)27-10-15-5-16(11-27)13-28(12-15,14-27)25(34)29-3-4-37-30(35)36/h6-7,15-16,18-20,32-33H,3-5,8-14H2,1-2H3,(H,29,34)/t15?,16?,18-,19-,20+,27?,28?/m1/s1. The Morgan fingerprint density at radius 2 is 1.78 bits per heavy atom. The van der Waals surface area contributed by atoms with Gasteiger partial charge in [0.05, 0.1) is 5.41 Å². The van der Waals surface area contributed by atoms with Crippen molar-refractivity contribution >= 4 is 11.7 Å². The molecule has 3 N–H and O–H groups in total. The number of aromatic hydroxyl groups is 2. The van der Waals surface area contributed by atoms with Crippen LogP contribution in [0.3, 0.4) is 0 Å². The van der Waals surface area contributed by atoms with E-state index in [4.69, 9.17) is 0 Å². The third-order valence-electron chi connectivity index (χ3n) is 10.9. The number of phenols is 2. The van der Waals surface area contributed by atoms with E-state index in [0.717, 1.165) is 44.1 Å². The molecule has 0 aliphatic heterocycles. The average Bonchev–Trinajstić information content (AvgIpc) is 2.79. The number of carbonyl (C=O) groups is 2. The Kier molecular flexibility index (Phi) is 5.35. The maximum absolute atomic E-state index is 13.4. The third kappa shape index (κ3) is 3.63. The van der Waals surface area contributed by atoms with Crippen molar-refractivity contribution in [1.29, 1.82) is 0 Å². The van der Waals surface area contributed by atoms with Gasteiger partial charge in [-0.2, -0.15) is 0 Å². The van der Waals surface area contributed by atoms with Gasteiger partial charge < -0.3 is 20.4 Å². The van der Waals surface area contributed by atoms with Crippen molar-refractivity contribution in [3.8, 4) is 11.5 Å². The first-order valence-corrected chi connectivity index (χ1v) is 13.6. The molecule has 2 unspecified atom stereocenters. The molecule has 200 valence electrons. The minimum absolute atomic E-state index is 0.0557. The summed E-state index contributed by atoms with van der Waals surface area (Å²) in [6, 6.07) is 3.59. The second kappa shape index (κ2) is 8.08. The van der Waals surface area contributed by atoms with E-state index in [0.29, 0.717) is 30.2 Å². The molecule has 1 aromatic rings. The summed E-state index contributed by atoms with van der Waals surface area (Å²) in [7, 11) is 0. The molecule has 9 heteroatoms. The van der Waals surface area contributed by atoms with Crippen molar-refractivity contribution in [2.24, 2.45) is 34.5 Å². The van der Waals surface area contributed by atoms with E-state index in [1.165, 1.54) is 0 Å². The van der Waals surface area contributed by atoms with Gasteiger partial charge in [-0.25, -0.2) is 0 Å². The molecule has 1 aromatic carbocycles. The Morgan fingerprint density at radius 1 is 1.14 bits per heavy atom. The average molecular weight is 513 g/mol. The van der Waals surface area contributed by atoms with Gasteiger partial charge in [0.15, 0.2) is 0 Å². The highest BCUT2D eigenvalue weighted by molar-refractivity contribution is 5.86. The van der Waals surface area contributed by atoms with Crippen molar-refractivity contribution < 1.29 is 29.7 Å². The molecule has 37 heavy (non-hydrogen) atoms. The number of fused-ring (bicyclic) bond motifs is 2. The molecule has 1 amide bonds. The molecule has 0 spiro atoms. The Morgan fingerprint density at radius 3 is 2.35 bits per heavy atom. The van der Waals surface area contributed by atoms with Crippen LogP contribution in [0.4, 0.5) is 0 Å². The number of nitrogens with one attached hydrogen (secondary N) is 1. The number of Topliss-reactive ketones (excluding diaryl/α,β-unsaturated/α-hetero) is 1. The molecule has 7 aliphatic rings. The summed E-state index contributed by atoms with van der Waals surface area (Å²) in [4.78, 5) is 40.9. The van der Waals surface area contributed by atoms with E-state index in [1.54, 1.807) is 12.1 Å². The van der Waals surface area contributed by atoms with Crippen LogP contribution in [0.5, 0.6) is 11.5 Å². The van der Waals surface area contributed by atoms with Gasteiger partial charge in [0.25, 0.3) is 5.09 Å². The molecule has 7 saturated carbocycles. The van der Waals surface area contributed by atoms with Gasteiger partial charge in [-0.05, 0) is 91.2 Å². The number of rotatable bonds is 7. The van der Waals surface area contributed by atoms with Crippen LogP contribution in [0.1, 0.15) is 82.3 Å². The van der Waals surface area contributed by atoms with Crippen LogP contribution in [0, 0.1) is 44.6 Å². The molecule has 0 radical (unpaired) electrons.